The molecule has 1 amide bonds. The smallest absolute Gasteiger partial charge is 0.261 e. The molecule has 1 aliphatic rings. The molecule has 1 atom stereocenters. The fourth-order valence-electron chi connectivity index (χ4n) is 3.06. The van der Waals surface area contributed by atoms with Gasteiger partial charge in [-0.2, -0.15) is 4.31 Å². The van der Waals surface area contributed by atoms with Gasteiger partial charge in [0.1, 0.15) is 9.96 Å². The van der Waals surface area contributed by atoms with Crippen molar-refractivity contribution in [3.05, 3.63) is 46.3 Å². The highest BCUT2D eigenvalue weighted by atomic mass is 35.5. The Morgan fingerprint density at radius 1 is 1.31 bits per heavy atom. The molecule has 0 radical (unpaired) electrons. The zero-order valence-corrected chi connectivity index (χ0v) is 18.8. The van der Waals surface area contributed by atoms with Crippen LogP contribution in [0.1, 0.15) is 31.6 Å². The summed E-state index contributed by atoms with van der Waals surface area (Å²) < 4.78 is 33.1. The van der Waals surface area contributed by atoms with Crippen molar-refractivity contribution in [1.82, 2.24) is 9.62 Å². The first-order chi connectivity index (χ1) is 13.8. The number of amides is 1. The molecule has 1 unspecified atom stereocenters. The number of carbonyl (C=O) groups is 1. The lowest BCUT2D eigenvalue weighted by molar-refractivity contribution is -0.127. The molecule has 1 aromatic heterocycles. The molecule has 0 saturated carbocycles. The van der Waals surface area contributed by atoms with Crippen LogP contribution in [-0.4, -0.2) is 37.8 Å². The summed E-state index contributed by atoms with van der Waals surface area (Å²) in [6.45, 7) is 5.17. The molecule has 1 fully saturated rings. The van der Waals surface area contributed by atoms with E-state index in [1.807, 2.05) is 0 Å². The zero-order valence-electron chi connectivity index (χ0n) is 16.4. The van der Waals surface area contributed by atoms with Gasteiger partial charge in [0.2, 0.25) is 0 Å². The van der Waals surface area contributed by atoms with Crippen LogP contribution in [-0.2, 0) is 21.4 Å². The lowest BCUT2D eigenvalue weighted by atomic mass is 10.0. The first kappa shape index (κ1) is 22.1. The summed E-state index contributed by atoms with van der Waals surface area (Å²) in [5, 5.41) is 3.32. The molecule has 1 saturated heterocycles. The van der Waals surface area contributed by atoms with E-state index in [4.69, 9.17) is 16.3 Å². The molecular weight excluding hydrogens is 432 g/mol. The summed E-state index contributed by atoms with van der Waals surface area (Å²) in [5.41, 5.74) is 0. The number of piperidine rings is 1. The van der Waals surface area contributed by atoms with Gasteiger partial charge >= 0.3 is 0 Å². The predicted octanol–water partition coefficient (Wildman–Crippen LogP) is 3.91. The van der Waals surface area contributed by atoms with Gasteiger partial charge in [-0.05, 0) is 56.0 Å². The minimum atomic E-state index is -3.46. The molecule has 1 N–H and O–H groups in total. The molecule has 2 heterocycles. The highest BCUT2D eigenvalue weighted by Crippen LogP contribution is 2.28. The van der Waals surface area contributed by atoms with E-state index in [1.165, 1.54) is 11.3 Å². The molecule has 158 valence electrons. The predicted molar refractivity (Wildman–Crippen MR) is 115 cm³/mol. The number of rotatable bonds is 7. The molecular formula is C20H25ClN2O4S2. The third-order valence-corrected chi connectivity index (χ3v) is 8.58. The van der Waals surface area contributed by atoms with Gasteiger partial charge in [0.05, 0.1) is 6.54 Å². The number of nitrogens with zero attached hydrogens (tertiary/aromatic N) is 1. The van der Waals surface area contributed by atoms with Crippen LogP contribution >= 0.6 is 22.9 Å². The van der Waals surface area contributed by atoms with Crippen LogP contribution in [0.15, 0.2) is 40.6 Å². The van der Waals surface area contributed by atoms with E-state index in [0.717, 1.165) is 17.7 Å². The number of carbonyl (C=O) groups excluding carboxylic acids is 1. The highest BCUT2D eigenvalue weighted by Gasteiger charge is 2.29. The van der Waals surface area contributed by atoms with Crippen LogP contribution in [0, 0.1) is 5.92 Å². The maximum absolute atomic E-state index is 12.8. The fourth-order valence-corrected chi connectivity index (χ4v) is 6.16. The van der Waals surface area contributed by atoms with E-state index in [9.17, 15) is 13.2 Å². The van der Waals surface area contributed by atoms with Gasteiger partial charge in [-0.25, -0.2) is 8.42 Å². The van der Waals surface area contributed by atoms with Crippen molar-refractivity contribution in [3.63, 3.8) is 0 Å². The van der Waals surface area contributed by atoms with Crippen molar-refractivity contribution >= 4 is 38.9 Å². The second-order valence-corrected chi connectivity index (χ2v) is 11.0. The van der Waals surface area contributed by atoms with E-state index < -0.39 is 16.1 Å². The number of hydrogen-bond donors (Lipinski definition) is 1. The molecule has 0 aliphatic carbocycles. The minimum Gasteiger partial charge on any atom is -0.481 e. The van der Waals surface area contributed by atoms with Crippen LogP contribution in [0.25, 0.3) is 0 Å². The van der Waals surface area contributed by atoms with Crippen molar-refractivity contribution in [2.75, 3.05) is 13.1 Å². The molecule has 6 nitrogen and oxygen atoms in total. The summed E-state index contributed by atoms with van der Waals surface area (Å²) in [7, 11) is -3.46. The lowest BCUT2D eigenvalue weighted by Crippen LogP contribution is -2.37. The number of halogens is 1. The summed E-state index contributed by atoms with van der Waals surface area (Å²) >= 11 is 7.11. The average molecular weight is 457 g/mol. The maximum Gasteiger partial charge on any atom is 0.261 e. The topological polar surface area (TPSA) is 75.7 Å². The number of hydrogen-bond acceptors (Lipinski definition) is 5. The first-order valence-electron chi connectivity index (χ1n) is 9.54. The van der Waals surface area contributed by atoms with E-state index in [0.29, 0.717) is 34.0 Å². The number of nitrogens with one attached hydrogen (secondary N) is 1. The quantitative estimate of drug-likeness (QED) is 0.685. The first-order valence-corrected chi connectivity index (χ1v) is 12.2. The molecule has 0 bridgehead atoms. The maximum atomic E-state index is 12.8. The summed E-state index contributed by atoms with van der Waals surface area (Å²) in [4.78, 5) is 13.1. The summed E-state index contributed by atoms with van der Waals surface area (Å²) in [5.74, 6) is 0.792. The third kappa shape index (κ3) is 5.72. The molecule has 2 aromatic rings. The second-order valence-electron chi connectivity index (χ2n) is 7.24. The van der Waals surface area contributed by atoms with E-state index in [2.05, 4.69) is 12.2 Å². The average Bonchev–Trinajstić information content (AvgIpc) is 3.16. The van der Waals surface area contributed by atoms with Gasteiger partial charge in [-0.15, -0.1) is 11.3 Å². The van der Waals surface area contributed by atoms with Gasteiger partial charge in [-0.1, -0.05) is 24.6 Å². The molecule has 29 heavy (non-hydrogen) atoms. The fraction of sp³-hybridized carbons (Fsp3) is 0.450. The molecule has 3 rings (SSSR count). The van der Waals surface area contributed by atoms with Gasteiger partial charge in [-0.3, -0.25) is 4.79 Å². The Balaban J connectivity index is 1.55. The minimum absolute atomic E-state index is 0.249. The van der Waals surface area contributed by atoms with Crippen molar-refractivity contribution < 1.29 is 17.9 Å². The molecule has 1 aliphatic heterocycles. The van der Waals surface area contributed by atoms with Crippen molar-refractivity contribution in [2.45, 2.75) is 43.5 Å². The van der Waals surface area contributed by atoms with Crippen LogP contribution in [0.5, 0.6) is 5.75 Å². The molecule has 1 aromatic carbocycles. The summed E-state index contributed by atoms with van der Waals surface area (Å²) in [6.07, 6.45) is 1.07. The highest BCUT2D eigenvalue weighted by molar-refractivity contribution is 7.91. The lowest BCUT2D eigenvalue weighted by Gasteiger charge is -2.28. The van der Waals surface area contributed by atoms with E-state index in [1.54, 1.807) is 47.6 Å². The van der Waals surface area contributed by atoms with Crippen molar-refractivity contribution in [1.29, 1.82) is 0 Å². The van der Waals surface area contributed by atoms with E-state index in [-0.39, 0.29) is 12.5 Å². The van der Waals surface area contributed by atoms with Crippen LogP contribution in [0.3, 0.4) is 0 Å². The van der Waals surface area contributed by atoms with Gasteiger partial charge in [0.15, 0.2) is 6.10 Å². The van der Waals surface area contributed by atoms with Crippen LogP contribution < -0.4 is 10.1 Å². The van der Waals surface area contributed by atoms with Gasteiger partial charge in [0, 0.05) is 23.0 Å². The Morgan fingerprint density at radius 2 is 2.03 bits per heavy atom. The van der Waals surface area contributed by atoms with Crippen LogP contribution in [0.4, 0.5) is 0 Å². The number of sulfonamides is 1. The largest absolute Gasteiger partial charge is 0.481 e. The Hall–Kier alpha value is -1.61. The standard InChI is InChI=1S/C20H25ClN2O4S2/c1-14-8-10-23(11-9-14)29(25,26)19-7-6-18(28-19)13-22-20(24)15(2)27-17-5-3-4-16(21)12-17/h3-7,12,14-15H,8-11,13H2,1-2H3,(H,22,24). The van der Waals surface area contributed by atoms with Crippen molar-refractivity contribution in [3.8, 4) is 5.75 Å². The normalized spacial score (nSPS) is 17.1. The van der Waals surface area contributed by atoms with Crippen molar-refractivity contribution in [2.24, 2.45) is 5.92 Å². The van der Waals surface area contributed by atoms with E-state index >= 15 is 0 Å². The second kappa shape index (κ2) is 9.47. The molecule has 0 spiro atoms. The number of thiophene rings is 1. The Kier molecular flexibility index (Phi) is 7.21. The number of ether oxygens (including phenoxy) is 1. The summed E-state index contributed by atoms with van der Waals surface area (Å²) in [6, 6.07) is 10.2. The Labute approximate surface area is 180 Å². The third-order valence-electron chi connectivity index (χ3n) is 4.89. The SMILES string of the molecule is CC1CCN(S(=O)(=O)c2ccc(CNC(=O)C(C)Oc3cccc(Cl)c3)s2)CC1. The van der Waals surface area contributed by atoms with Crippen LogP contribution in [0.2, 0.25) is 5.02 Å². The number of benzene rings is 1. The van der Waals surface area contributed by atoms with Gasteiger partial charge < -0.3 is 10.1 Å². The van der Waals surface area contributed by atoms with Gasteiger partial charge in [0.25, 0.3) is 15.9 Å². The monoisotopic (exact) mass is 456 g/mol. The zero-order chi connectivity index (χ0) is 21.0. The molecule has 9 heteroatoms. The Morgan fingerprint density at radius 3 is 2.72 bits per heavy atom. The Bertz CT molecular complexity index is 953.